The van der Waals surface area contributed by atoms with E-state index in [1.54, 1.807) is 12.3 Å². The zero-order valence-corrected chi connectivity index (χ0v) is 14.1. The van der Waals surface area contributed by atoms with E-state index in [-0.39, 0.29) is 18.1 Å². The molecule has 5 nitrogen and oxygen atoms in total. The van der Waals surface area contributed by atoms with E-state index in [2.05, 4.69) is 5.10 Å². The van der Waals surface area contributed by atoms with E-state index in [1.165, 1.54) is 0 Å². The first-order chi connectivity index (χ1) is 11.7. The molecular formula is C19H23N3O2. The highest BCUT2D eigenvalue weighted by molar-refractivity contribution is 5.92. The van der Waals surface area contributed by atoms with Crippen LogP contribution < -0.4 is 0 Å². The van der Waals surface area contributed by atoms with Gasteiger partial charge in [-0.15, -0.1) is 0 Å². The quantitative estimate of drug-likeness (QED) is 0.812. The summed E-state index contributed by atoms with van der Waals surface area (Å²) < 4.78 is 7.64. The molecule has 1 fully saturated rings. The van der Waals surface area contributed by atoms with E-state index in [4.69, 9.17) is 4.74 Å². The molecule has 2 atom stereocenters. The average Bonchev–Trinajstić information content (AvgIpc) is 3.08. The van der Waals surface area contributed by atoms with Crippen molar-refractivity contribution in [2.45, 2.75) is 32.5 Å². The Balaban J connectivity index is 1.79. The Kier molecular flexibility index (Phi) is 5.11. The first-order valence-corrected chi connectivity index (χ1v) is 8.36. The van der Waals surface area contributed by atoms with E-state index < -0.39 is 0 Å². The van der Waals surface area contributed by atoms with E-state index in [1.807, 2.05) is 65.9 Å². The molecular weight excluding hydrogens is 302 g/mol. The minimum absolute atomic E-state index is 0.00264. The Bertz CT molecular complexity index is 708. The van der Waals surface area contributed by atoms with Crippen molar-refractivity contribution in [3.05, 3.63) is 59.9 Å². The SMILES string of the molecule is CCn1nccc1/C=C/C(=O)N1CC(C)OCC1c1ccccc1. The Labute approximate surface area is 142 Å². The number of benzene rings is 1. The molecule has 1 amide bonds. The molecule has 2 aromatic rings. The van der Waals surface area contributed by atoms with Crippen LogP contribution in [0, 0.1) is 0 Å². The lowest BCUT2D eigenvalue weighted by atomic mass is 10.0. The zero-order valence-electron chi connectivity index (χ0n) is 14.1. The zero-order chi connectivity index (χ0) is 16.9. The Morgan fingerprint density at radius 3 is 2.88 bits per heavy atom. The van der Waals surface area contributed by atoms with Crippen molar-refractivity contribution in [1.82, 2.24) is 14.7 Å². The number of amides is 1. The summed E-state index contributed by atoms with van der Waals surface area (Å²) in [6.07, 6.45) is 5.26. The summed E-state index contributed by atoms with van der Waals surface area (Å²) in [5, 5.41) is 4.22. The molecule has 0 N–H and O–H groups in total. The second-order valence-electron chi connectivity index (χ2n) is 5.97. The first kappa shape index (κ1) is 16.5. The highest BCUT2D eigenvalue weighted by atomic mass is 16.5. The maximum Gasteiger partial charge on any atom is 0.247 e. The van der Waals surface area contributed by atoms with Gasteiger partial charge in [0, 0.05) is 25.4 Å². The van der Waals surface area contributed by atoms with E-state index in [0.717, 1.165) is 17.8 Å². The number of aromatic nitrogens is 2. The third kappa shape index (κ3) is 3.57. The molecule has 1 aliphatic heterocycles. The van der Waals surface area contributed by atoms with Crippen molar-refractivity contribution in [2.24, 2.45) is 0 Å². The van der Waals surface area contributed by atoms with Crippen LogP contribution in [0.2, 0.25) is 0 Å². The molecule has 0 radical (unpaired) electrons. The largest absolute Gasteiger partial charge is 0.374 e. The first-order valence-electron chi connectivity index (χ1n) is 8.36. The van der Waals surface area contributed by atoms with Crippen LogP contribution in [-0.2, 0) is 16.1 Å². The fourth-order valence-electron chi connectivity index (χ4n) is 3.00. The molecule has 1 saturated heterocycles. The normalized spacial score (nSPS) is 21.3. The smallest absolute Gasteiger partial charge is 0.247 e. The van der Waals surface area contributed by atoms with E-state index in [9.17, 15) is 4.79 Å². The summed E-state index contributed by atoms with van der Waals surface area (Å²) in [5.41, 5.74) is 2.04. The van der Waals surface area contributed by atoms with Crippen LogP contribution in [0.3, 0.4) is 0 Å². The molecule has 5 heteroatoms. The van der Waals surface area contributed by atoms with Crippen molar-refractivity contribution in [3.63, 3.8) is 0 Å². The summed E-state index contributed by atoms with van der Waals surface area (Å²) in [5.74, 6) is 0.00264. The summed E-state index contributed by atoms with van der Waals surface area (Å²) in [6.45, 7) is 5.92. The lowest BCUT2D eigenvalue weighted by Crippen LogP contribution is -2.46. The number of hydrogen-bond acceptors (Lipinski definition) is 3. The molecule has 24 heavy (non-hydrogen) atoms. The van der Waals surface area contributed by atoms with Crippen molar-refractivity contribution in [1.29, 1.82) is 0 Å². The predicted octanol–water partition coefficient (Wildman–Crippen LogP) is 2.90. The van der Waals surface area contributed by atoms with Gasteiger partial charge in [0.25, 0.3) is 0 Å². The fraction of sp³-hybridized carbons (Fsp3) is 0.368. The van der Waals surface area contributed by atoms with Crippen LogP contribution in [0.25, 0.3) is 6.08 Å². The molecule has 2 heterocycles. The van der Waals surface area contributed by atoms with Crippen LogP contribution in [0.15, 0.2) is 48.7 Å². The number of carbonyl (C=O) groups excluding carboxylic acids is 1. The van der Waals surface area contributed by atoms with E-state index in [0.29, 0.717) is 13.2 Å². The molecule has 0 spiro atoms. The number of morpholine rings is 1. The van der Waals surface area contributed by atoms with Crippen molar-refractivity contribution in [3.8, 4) is 0 Å². The fourth-order valence-corrected chi connectivity index (χ4v) is 3.00. The van der Waals surface area contributed by atoms with Gasteiger partial charge in [0.2, 0.25) is 5.91 Å². The molecule has 0 saturated carbocycles. The average molecular weight is 325 g/mol. The van der Waals surface area contributed by atoms with Crippen molar-refractivity contribution >= 4 is 12.0 Å². The summed E-state index contributed by atoms with van der Waals surface area (Å²) >= 11 is 0. The number of aryl methyl sites for hydroxylation is 1. The van der Waals surface area contributed by atoms with Gasteiger partial charge in [-0.1, -0.05) is 30.3 Å². The van der Waals surface area contributed by atoms with Crippen LogP contribution >= 0.6 is 0 Å². The monoisotopic (exact) mass is 325 g/mol. The van der Waals surface area contributed by atoms with E-state index >= 15 is 0 Å². The highest BCUT2D eigenvalue weighted by Crippen LogP contribution is 2.26. The molecule has 1 aromatic heterocycles. The van der Waals surface area contributed by atoms with Gasteiger partial charge in [-0.05, 0) is 31.6 Å². The predicted molar refractivity (Wildman–Crippen MR) is 93.2 cm³/mol. The molecule has 1 aliphatic rings. The number of ether oxygens (including phenoxy) is 1. The molecule has 1 aromatic carbocycles. The summed E-state index contributed by atoms with van der Waals surface area (Å²) in [7, 11) is 0. The van der Waals surface area contributed by atoms with Crippen LogP contribution in [0.5, 0.6) is 0 Å². The molecule has 0 bridgehead atoms. The molecule has 126 valence electrons. The van der Waals surface area contributed by atoms with Crippen molar-refractivity contribution in [2.75, 3.05) is 13.2 Å². The number of rotatable bonds is 4. The van der Waals surface area contributed by atoms with Gasteiger partial charge in [0.15, 0.2) is 0 Å². The molecule has 2 unspecified atom stereocenters. The second-order valence-corrected chi connectivity index (χ2v) is 5.97. The van der Waals surface area contributed by atoms with Crippen LogP contribution in [-0.4, -0.2) is 39.8 Å². The Morgan fingerprint density at radius 2 is 2.12 bits per heavy atom. The van der Waals surface area contributed by atoms with Gasteiger partial charge < -0.3 is 9.64 Å². The molecule has 3 rings (SSSR count). The number of hydrogen-bond donors (Lipinski definition) is 0. The molecule has 0 aliphatic carbocycles. The number of nitrogens with zero attached hydrogens (tertiary/aromatic N) is 3. The topological polar surface area (TPSA) is 47.4 Å². The van der Waals surface area contributed by atoms with Gasteiger partial charge in [-0.2, -0.15) is 5.10 Å². The minimum atomic E-state index is -0.0457. The summed E-state index contributed by atoms with van der Waals surface area (Å²) in [4.78, 5) is 14.7. The van der Waals surface area contributed by atoms with Gasteiger partial charge in [0.05, 0.1) is 24.4 Å². The maximum atomic E-state index is 12.8. The van der Waals surface area contributed by atoms with Gasteiger partial charge in [-0.3, -0.25) is 9.48 Å². The lowest BCUT2D eigenvalue weighted by Gasteiger charge is -2.38. The Morgan fingerprint density at radius 1 is 1.33 bits per heavy atom. The maximum absolute atomic E-state index is 12.8. The lowest BCUT2D eigenvalue weighted by molar-refractivity contribution is -0.139. The third-order valence-corrected chi connectivity index (χ3v) is 4.28. The van der Waals surface area contributed by atoms with Crippen molar-refractivity contribution < 1.29 is 9.53 Å². The van der Waals surface area contributed by atoms with Gasteiger partial charge >= 0.3 is 0 Å². The second kappa shape index (κ2) is 7.45. The Hall–Kier alpha value is -2.40. The third-order valence-electron chi connectivity index (χ3n) is 4.28. The van der Waals surface area contributed by atoms with Gasteiger partial charge in [-0.25, -0.2) is 0 Å². The number of carbonyl (C=O) groups is 1. The highest BCUT2D eigenvalue weighted by Gasteiger charge is 2.30. The van der Waals surface area contributed by atoms with Gasteiger partial charge in [0.1, 0.15) is 0 Å². The van der Waals surface area contributed by atoms with Crippen LogP contribution in [0.4, 0.5) is 0 Å². The summed E-state index contributed by atoms with van der Waals surface area (Å²) in [6, 6.07) is 11.9. The standard InChI is InChI=1S/C19H23N3O2/c1-3-22-17(11-12-20-22)9-10-19(23)21-13-15(2)24-14-18(21)16-7-5-4-6-8-16/h4-12,15,18H,3,13-14H2,1-2H3/b10-9+. The van der Waals surface area contributed by atoms with Crippen LogP contribution in [0.1, 0.15) is 31.1 Å². The minimum Gasteiger partial charge on any atom is -0.374 e.